The molecule has 0 saturated heterocycles. The van der Waals surface area contributed by atoms with Crippen LogP contribution in [-0.2, 0) is 0 Å². The van der Waals surface area contributed by atoms with Gasteiger partial charge in [-0.1, -0.05) is 23.2 Å². The molecule has 0 aromatic heterocycles. The van der Waals surface area contributed by atoms with Crippen LogP contribution in [-0.4, -0.2) is 12.3 Å². The van der Waals surface area contributed by atoms with E-state index in [1.165, 1.54) is 7.11 Å². The highest BCUT2D eigenvalue weighted by atomic mass is 35.5. The third-order valence-corrected chi connectivity index (χ3v) is 2.09. The minimum atomic E-state index is 0.409. The predicted octanol–water partition coefficient (Wildman–Crippen LogP) is 3.74. The zero-order valence-corrected chi connectivity index (χ0v) is 9.00. The number of halogens is 2. The van der Waals surface area contributed by atoms with Crippen molar-refractivity contribution in [2.45, 2.75) is 0 Å². The van der Waals surface area contributed by atoms with Gasteiger partial charge < -0.3 is 4.74 Å². The predicted molar refractivity (Wildman–Crippen MR) is 57.7 cm³/mol. The summed E-state index contributed by atoms with van der Waals surface area (Å²) in [5.74, 6) is 0.409. The fraction of sp³-hybridized carbons (Fsp3) is 0.125. The van der Waals surface area contributed by atoms with E-state index in [0.29, 0.717) is 21.5 Å². The monoisotopic (exact) mass is 233 g/mol. The van der Waals surface area contributed by atoms with Crippen LogP contribution >= 0.6 is 35.4 Å². The lowest BCUT2D eigenvalue weighted by atomic mass is 10.3. The smallest absolute Gasteiger partial charge is 0.165 e. The van der Waals surface area contributed by atoms with Crippen LogP contribution in [0.25, 0.3) is 0 Å². The second-order valence-corrected chi connectivity index (χ2v) is 3.11. The van der Waals surface area contributed by atoms with Crippen LogP contribution in [0.2, 0.25) is 10.0 Å². The molecule has 0 fully saturated rings. The highest BCUT2D eigenvalue weighted by Crippen LogP contribution is 2.40. The highest BCUT2D eigenvalue weighted by molar-refractivity contribution is 7.78. The summed E-state index contributed by atoms with van der Waals surface area (Å²) in [5.41, 5.74) is 0.409. The molecule has 0 bridgehead atoms. The molecule has 0 spiro atoms. The first-order valence-electron chi connectivity index (χ1n) is 3.30. The van der Waals surface area contributed by atoms with Gasteiger partial charge in [0.05, 0.1) is 22.3 Å². The zero-order chi connectivity index (χ0) is 9.84. The van der Waals surface area contributed by atoms with E-state index in [0.717, 1.165) is 0 Å². The standard InChI is InChI=1S/C8H5Cl2NOS/c1-12-8-6(10)3-2-5(9)7(8)11-4-13/h2-3H,1H3. The lowest BCUT2D eigenvalue weighted by Crippen LogP contribution is -1.85. The molecular weight excluding hydrogens is 229 g/mol. The molecule has 0 aliphatic carbocycles. The molecule has 0 aliphatic rings. The van der Waals surface area contributed by atoms with Crippen molar-refractivity contribution in [3.05, 3.63) is 22.2 Å². The Hall–Kier alpha value is -0.600. The van der Waals surface area contributed by atoms with Gasteiger partial charge in [0.2, 0.25) is 0 Å². The van der Waals surface area contributed by atoms with Gasteiger partial charge in [0.25, 0.3) is 0 Å². The van der Waals surface area contributed by atoms with Crippen LogP contribution in [0.15, 0.2) is 17.1 Å². The molecule has 2 nitrogen and oxygen atoms in total. The summed E-state index contributed by atoms with van der Waals surface area (Å²) < 4.78 is 5.01. The first-order chi connectivity index (χ1) is 6.20. The minimum Gasteiger partial charge on any atom is -0.493 e. The maximum atomic E-state index is 5.84. The Balaban J connectivity index is 3.42. The average Bonchev–Trinajstić information content (AvgIpc) is 2.12. The van der Waals surface area contributed by atoms with Crippen LogP contribution in [0.1, 0.15) is 0 Å². The van der Waals surface area contributed by atoms with Gasteiger partial charge in [-0.05, 0) is 24.4 Å². The van der Waals surface area contributed by atoms with Gasteiger partial charge in [-0.2, -0.15) is 4.99 Å². The van der Waals surface area contributed by atoms with Crippen molar-refractivity contribution >= 4 is 46.3 Å². The molecule has 0 heterocycles. The Labute approximate surface area is 91.1 Å². The second kappa shape index (κ2) is 4.58. The Bertz CT molecular complexity index is 375. The van der Waals surface area contributed by atoms with E-state index >= 15 is 0 Å². The molecule has 1 aromatic carbocycles. The van der Waals surface area contributed by atoms with E-state index in [9.17, 15) is 0 Å². The van der Waals surface area contributed by atoms with Crippen molar-refractivity contribution in [2.75, 3.05) is 7.11 Å². The van der Waals surface area contributed by atoms with Gasteiger partial charge in [-0.3, -0.25) is 0 Å². The number of benzene rings is 1. The summed E-state index contributed by atoms with van der Waals surface area (Å²) in [4.78, 5) is 3.76. The Morgan fingerprint density at radius 3 is 2.54 bits per heavy atom. The first-order valence-corrected chi connectivity index (χ1v) is 4.47. The molecule has 68 valence electrons. The van der Waals surface area contributed by atoms with E-state index in [1.54, 1.807) is 12.1 Å². The quantitative estimate of drug-likeness (QED) is 0.574. The summed E-state index contributed by atoms with van der Waals surface area (Å²) >= 11 is 16.1. The van der Waals surface area contributed by atoms with Crippen molar-refractivity contribution in [3.8, 4) is 5.75 Å². The third kappa shape index (κ3) is 2.20. The van der Waals surface area contributed by atoms with Crippen molar-refractivity contribution in [1.29, 1.82) is 0 Å². The molecular formula is C8H5Cl2NOS. The van der Waals surface area contributed by atoms with Gasteiger partial charge in [-0.15, -0.1) is 0 Å². The van der Waals surface area contributed by atoms with Crippen molar-refractivity contribution in [2.24, 2.45) is 4.99 Å². The second-order valence-electron chi connectivity index (χ2n) is 2.11. The van der Waals surface area contributed by atoms with Gasteiger partial charge in [0.1, 0.15) is 5.69 Å². The minimum absolute atomic E-state index is 0.409. The number of aliphatic imine (C=N–C) groups is 1. The number of thiocarbonyl (C=S) groups is 1. The van der Waals surface area contributed by atoms with Crippen molar-refractivity contribution < 1.29 is 4.74 Å². The summed E-state index contributed by atoms with van der Waals surface area (Å²) in [6.07, 6.45) is 0. The lowest BCUT2D eigenvalue weighted by Gasteiger charge is -2.06. The van der Waals surface area contributed by atoms with E-state index in [2.05, 4.69) is 22.4 Å². The Morgan fingerprint density at radius 2 is 2.00 bits per heavy atom. The molecule has 5 heteroatoms. The molecule has 0 saturated carbocycles. The van der Waals surface area contributed by atoms with Gasteiger partial charge in [0.15, 0.2) is 5.75 Å². The fourth-order valence-corrected chi connectivity index (χ4v) is 1.38. The lowest BCUT2D eigenvalue weighted by molar-refractivity contribution is 0.416. The first kappa shape index (κ1) is 10.5. The van der Waals surface area contributed by atoms with E-state index < -0.39 is 0 Å². The summed E-state index contributed by atoms with van der Waals surface area (Å²) in [6.45, 7) is 0. The van der Waals surface area contributed by atoms with E-state index in [-0.39, 0.29) is 0 Å². The number of isothiocyanates is 1. The maximum absolute atomic E-state index is 5.84. The van der Waals surface area contributed by atoms with Gasteiger partial charge in [0, 0.05) is 0 Å². The highest BCUT2D eigenvalue weighted by Gasteiger charge is 2.10. The van der Waals surface area contributed by atoms with Crippen LogP contribution < -0.4 is 4.74 Å². The largest absolute Gasteiger partial charge is 0.493 e. The van der Waals surface area contributed by atoms with E-state index in [1.807, 2.05) is 0 Å². The topological polar surface area (TPSA) is 21.6 Å². The molecule has 0 amide bonds. The molecule has 13 heavy (non-hydrogen) atoms. The number of nitrogens with zero attached hydrogens (tertiary/aromatic N) is 1. The Morgan fingerprint density at radius 1 is 1.38 bits per heavy atom. The van der Waals surface area contributed by atoms with Crippen LogP contribution in [0.4, 0.5) is 5.69 Å². The summed E-state index contributed by atoms with van der Waals surface area (Å²) in [5, 5.41) is 3.08. The number of hydrogen-bond acceptors (Lipinski definition) is 3. The van der Waals surface area contributed by atoms with Crippen LogP contribution in [0.3, 0.4) is 0 Å². The summed E-state index contributed by atoms with van der Waals surface area (Å²) in [7, 11) is 1.49. The molecule has 1 aromatic rings. The van der Waals surface area contributed by atoms with Gasteiger partial charge in [-0.25, -0.2) is 0 Å². The molecule has 0 N–H and O–H groups in total. The number of methoxy groups -OCH3 is 1. The van der Waals surface area contributed by atoms with Crippen LogP contribution in [0.5, 0.6) is 5.75 Å². The number of rotatable bonds is 2. The summed E-state index contributed by atoms with van der Waals surface area (Å²) in [6, 6.07) is 3.25. The molecule has 1 rings (SSSR count). The molecule has 0 radical (unpaired) electrons. The SMILES string of the molecule is COc1c(Cl)ccc(Cl)c1N=C=S. The van der Waals surface area contributed by atoms with E-state index in [4.69, 9.17) is 27.9 Å². The fourth-order valence-electron chi connectivity index (χ4n) is 0.867. The number of hydrogen-bond donors (Lipinski definition) is 0. The maximum Gasteiger partial charge on any atom is 0.165 e. The van der Waals surface area contributed by atoms with Crippen molar-refractivity contribution in [1.82, 2.24) is 0 Å². The zero-order valence-electron chi connectivity index (χ0n) is 6.67. The third-order valence-electron chi connectivity index (χ3n) is 1.40. The average molecular weight is 234 g/mol. The molecule has 0 unspecified atom stereocenters. The van der Waals surface area contributed by atoms with Crippen molar-refractivity contribution in [3.63, 3.8) is 0 Å². The normalized spacial score (nSPS) is 9.15. The van der Waals surface area contributed by atoms with Gasteiger partial charge >= 0.3 is 0 Å². The Kier molecular flexibility index (Phi) is 3.70. The van der Waals surface area contributed by atoms with Crippen LogP contribution in [0, 0.1) is 0 Å². The number of ether oxygens (including phenoxy) is 1. The molecule has 0 atom stereocenters. The molecule has 0 aliphatic heterocycles.